The van der Waals surface area contributed by atoms with E-state index in [-0.39, 0.29) is 12.1 Å². The van der Waals surface area contributed by atoms with E-state index < -0.39 is 36.4 Å². The van der Waals surface area contributed by atoms with Gasteiger partial charge >= 0.3 is 5.97 Å². The highest BCUT2D eigenvalue weighted by molar-refractivity contribution is 5.75. The van der Waals surface area contributed by atoms with Crippen molar-refractivity contribution in [1.82, 2.24) is 0 Å². The molecule has 22 heavy (non-hydrogen) atoms. The smallest absolute Gasteiger partial charge is 0.332 e. The van der Waals surface area contributed by atoms with E-state index in [0.29, 0.717) is 12.5 Å². The van der Waals surface area contributed by atoms with Gasteiger partial charge in [-0.3, -0.25) is 0 Å². The molecule has 8 nitrogen and oxygen atoms in total. The summed E-state index contributed by atoms with van der Waals surface area (Å²) in [4.78, 5) is 15.4. The topological polar surface area (TPSA) is 95.8 Å². The van der Waals surface area contributed by atoms with Crippen molar-refractivity contribution < 1.29 is 33.6 Å². The van der Waals surface area contributed by atoms with E-state index in [2.05, 4.69) is 4.99 Å². The highest BCUT2D eigenvalue weighted by atomic mass is 16.8. The zero-order valence-electron chi connectivity index (χ0n) is 13.0. The Morgan fingerprint density at radius 1 is 1.50 bits per heavy atom. The Kier molecular flexibility index (Phi) is 3.88. The zero-order chi connectivity index (χ0) is 16.1. The number of aliphatic carboxylic acids is 1. The van der Waals surface area contributed by atoms with Crippen LogP contribution in [0.2, 0.25) is 0 Å². The van der Waals surface area contributed by atoms with E-state index in [1.165, 1.54) is 6.92 Å². The number of ether oxygens (including phenoxy) is 5. The Labute approximate surface area is 128 Å². The molecule has 0 unspecified atom stereocenters. The number of nitrogens with zero attached hydrogens (tertiary/aromatic N) is 1. The minimum atomic E-state index is -1.04. The van der Waals surface area contributed by atoms with E-state index in [1.807, 2.05) is 13.8 Å². The van der Waals surface area contributed by atoms with Gasteiger partial charge in [-0.1, -0.05) is 0 Å². The van der Waals surface area contributed by atoms with Crippen molar-refractivity contribution in [3.8, 4) is 0 Å². The van der Waals surface area contributed by atoms with Gasteiger partial charge in [-0.15, -0.1) is 0 Å². The molecule has 3 aliphatic rings. The van der Waals surface area contributed by atoms with Crippen molar-refractivity contribution >= 4 is 11.9 Å². The summed E-state index contributed by atoms with van der Waals surface area (Å²) in [6, 6.07) is -0.390. The van der Waals surface area contributed by atoms with Crippen LogP contribution in [0.3, 0.4) is 0 Å². The number of carboxylic acid groups (broad SMARTS) is 1. The standard InChI is InChI=1S/C14H21NO7/c1-6(12(16)17)19-11-9-13(20-7(2)15-9)21-10(11)8-5-18-14(3,4)22-8/h6,8-11,13H,5H2,1-4H3,(H,16,17)/t6-,8-,9-,10-,11-,13+/m1/s1. The molecule has 0 amide bonds. The van der Waals surface area contributed by atoms with Gasteiger partial charge in [0, 0.05) is 6.92 Å². The first-order valence-corrected chi connectivity index (χ1v) is 7.33. The summed E-state index contributed by atoms with van der Waals surface area (Å²) in [6.07, 6.45) is -2.94. The molecular formula is C14H21NO7. The van der Waals surface area contributed by atoms with E-state index in [4.69, 9.17) is 28.8 Å². The number of carbonyl (C=O) groups is 1. The van der Waals surface area contributed by atoms with Gasteiger partial charge in [0.25, 0.3) is 0 Å². The third-order valence-corrected chi connectivity index (χ3v) is 3.95. The number of hydrogen-bond acceptors (Lipinski definition) is 7. The van der Waals surface area contributed by atoms with Crippen LogP contribution in [0.1, 0.15) is 27.7 Å². The van der Waals surface area contributed by atoms with Crippen molar-refractivity contribution in [1.29, 1.82) is 0 Å². The Morgan fingerprint density at radius 3 is 2.82 bits per heavy atom. The molecule has 1 N–H and O–H groups in total. The number of rotatable bonds is 4. The molecule has 0 bridgehead atoms. The molecule has 0 aromatic heterocycles. The van der Waals surface area contributed by atoms with Gasteiger partial charge in [-0.2, -0.15) is 0 Å². The summed E-state index contributed by atoms with van der Waals surface area (Å²) in [5.41, 5.74) is 0. The van der Waals surface area contributed by atoms with E-state index in [9.17, 15) is 4.79 Å². The molecule has 2 saturated heterocycles. The van der Waals surface area contributed by atoms with Crippen molar-refractivity contribution in [3.05, 3.63) is 0 Å². The summed E-state index contributed by atoms with van der Waals surface area (Å²) >= 11 is 0. The monoisotopic (exact) mass is 315 g/mol. The van der Waals surface area contributed by atoms with Crippen LogP contribution in [0.25, 0.3) is 0 Å². The lowest BCUT2D eigenvalue weighted by molar-refractivity contribution is -0.181. The summed E-state index contributed by atoms with van der Waals surface area (Å²) in [5.74, 6) is -1.23. The number of carboxylic acids is 1. The van der Waals surface area contributed by atoms with Crippen LogP contribution >= 0.6 is 0 Å². The zero-order valence-corrected chi connectivity index (χ0v) is 13.0. The normalized spacial score (nSPS) is 40.9. The first kappa shape index (κ1) is 15.7. The van der Waals surface area contributed by atoms with Gasteiger partial charge in [-0.05, 0) is 20.8 Å². The predicted octanol–water partition coefficient (Wildman–Crippen LogP) is 0.538. The minimum absolute atomic E-state index is 0.348. The molecule has 2 fully saturated rings. The third-order valence-electron chi connectivity index (χ3n) is 3.95. The van der Waals surface area contributed by atoms with E-state index >= 15 is 0 Å². The maximum atomic E-state index is 11.1. The Bertz CT molecular complexity index is 492. The summed E-state index contributed by atoms with van der Waals surface area (Å²) in [7, 11) is 0. The average molecular weight is 315 g/mol. The second kappa shape index (κ2) is 5.45. The number of hydrogen-bond donors (Lipinski definition) is 1. The van der Waals surface area contributed by atoms with E-state index in [1.54, 1.807) is 6.92 Å². The molecule has 0 saturated carbocycles. The SMILES string of the molecule is CC1=N[C@H]2[C@@H](O1)O[C@H]([C@H]1COC(C)(C)O1)[C@@H]2O[C@H](C)C(=O)O. The summed E-state index contributed by atoms with van der Waals surface area (Å²) < 4.78 is 28.4. The molecule has 3 rings (SSSR count). The summed E-state index contributed by atoms with van der Waals surface area (Å²) in [6.45, 7) is 7.19. The maximum Gasteiger partial charge on any atom is 0.332 e. The van der Waals surface area contributed by atoms with Gasteiger partial charge in [0.2, 0.25) is 6.29 Å². The molecule has 0 spiro atoms. The van der Waals surface area contributed by atoms with Crippen molar-refractivity contribution in [3.63, 3.8) is 0 Å². The lowest BCUT2D eigenvalue weighted by atomic mass is 10.0. The minimum Gasteiger partial charge on any atom is -0.479 e. The second-order valence-electron chi connectivity index (χ2n) is 6.17. The van der Waals surface area contributed by atoms with Crippen LogP contribution in [0.4, 0.5) is 0 Å². The fraction of sp³-hybridized carbons (Fsp3) is 0.857. The van der Waals surface area contributed by atoms with Gasteiger partial charge in [-0.25, -0.2) is 9.79 Å². The lowest BCUT2D eigenvalue weighted by Gasteiger charge is -2.27. The Balaban J connectivity index is 1.78. The molecule has 3 heterocycles. The van der Waals surface area contributed by atoms with Crippen LogP contribution in [0, 0.1) is 0 Å². The largest absolute Gasteiger partial charge is 0.479 e. The number of aliphatic imine (C=N–C) groups is 1. The molecule has 0 aliphatic carbocycles. The van der Waals surface area contributed by atoms with Crippen LogP contribution in [-0.4, -0.2) is 66.1 Å². The Morgan fingerprint density at radius 2 is 2.23 bits per heavy atom. The van der Waals surface area contributed by atoms with Crippen molar-refractivity contribution in [2.75, 3.05) is 6.61 Å². The predicted molar refractivity (Wildman–Crippen MR) is 73.5 cm³/mol. The van der Waals surface area contributed by atoms with Crippen molar-refractivity contribution in [2.24, 2.45) is 4.99 Å². The number of fused-ring (bicyclic) bond motifs is 1. The van der Waals surface area contributed by atoms with E-state index in [0.717, 1.165) is 0 Å². The molecule has 6 atom stereocenters. The van der Waals surface area contributed by atoms with Gasteiger partial charge in [0.05, 0.1) is 6.61 Å². The quantitative estimate of drug-likeness (QED) is 0.808. The maximum absolute atomic E-state index is 11.1. The molecule has 124 valence electrons. The first-order valence-electron chi connectivity index (χ1n) is 7.33. The molecule has 3 aliphatic heterocycles. The Hall–Kier alpha value is -1.22. The third kappa shape index (κ3) is 2.83. The van der Waals surface area contributed by atoms with Crippen molar-refractivity contribution in [2.45, 2.75) is 70.2 Å². The highest BCUT2D eigenvalue weighted by Crippen LogP contribution is 2.37. The lowest BCUT2D eigenvalue weighted by Crippen LogP contribution is -2.44. The first-order chi connectivity index (χ1) is 10.3. The van der Waals surface area contributed by atoms with Gasteiger partial charge < -0.3 is 28.8 Å². The molecule has 0 aromatic rings. The molecular weight excluding hydrogens is 294 g/mol. The van der Waals surface area contributed by atoms with Crippen LogP contribution in [-0.2, 0) is 28.5 Å². The van der Waals surface area contributed by atoms with Crippen LogP contribution < -0.4 is 0 Å². The fourth-order valence-electron chi connectivity index (χ4n) is 2.93. The second-order valence-corrected chi connectivity index (χ2v) is 6.17. The fourth-order valence-corrected chi connectivity index (χ4v) is 2.93. The van der Waals surface area contributed by atoms with Gasteiger partial charge in [0.15, 0.2) is 17.8 Å². The molecule has 0 radical (unpaired) electrons. The molecule has 0 aromatic carbocycles. The highest BCUT2D eigenvalue weighted by Gasteiger charge is 2.55. The van der Waals surface area contributed by atoms with Crippen LogP contribution in [0.15, 0.2) is 4.99 Å². The average Bonchev–Trinajstić information content (AvgIpc) is 3.03. The van der Waals surface area contributed by atoms with Crippen LogP contribution in [0.5, 0.6) is 0 Å². The summed E-state index contributed by atoms with van der Waals surface area (Å²) in [5, 5.41) is 9.08. The van der Waals surface area contributed by atoms with Gasteiger partial charge in [0.1, 0.15) is 24.4 Å². The molecule has 8 heteroatoms.